The van der Waals surface area contributed by atoms with Gasteiger partial charge in [0.1, 0.15) is 0 Å². The molecule has 0 radical (unpaired) electrons. The summed E-state index contributed by atoms with van der Waals surface area (Å²) >= 11 is 0. The number of aliphatic hydroxyl groups excluding tert-OH is 2. The molecule has 4 amide bonds. The van der Waals surface area contributed by atoms with Crippen LogP contribution in [0.3, 0.4) is 0 Å². The van der Waals surface area contributed by atoms with Gasteiger partial charge in [0.25, 0.3) is 16.9 Å². The first-order chi connectivity index (χ1) is 13.2. The number of nitrogens with zero attached hydrogens (tertiary/aromatic N) is 3. The molecule has 152 valence electrons. The highest BCUT2D eigenvalue weighted by molar-refractivity contribution is 6.05. The van der Waals surface area contributed by atoms with Gasteiger partial charge in [-0.2, -0.15) is 0 Å². The number of carbonyl (C=O) groups excluding carboxylic acids is 4. The van der Waals surface area contributed by atoms with Crippen molar-refractivity contribution in [3.63, 3.8) is 0 Å². The molecule has 12 heteroatoms. The number of amides is 4. The number of rotatable bonds is 10. The fourth-order valence-electron chi connectivity index (χ4n) is 2.35. The SMILES string of the molecule is Cc1cc(C(=O)N(C=O)C(CO)CO)c(C)cc1C(=O)N(C=O)CO[N+](=O)[O-]. The first kappa shape index (κ1) is 22.7. The molecule has 0 atom stereocenters. The Labute approximate surface area is 159 Å². The Bertz CT molecular complexity index is 777. The Hall–Kier alpha value is -3.38. The monoisotopic (exact) mass is 397 g/mol. The summed E-state index contributed by atoms with van der Waals surface area (Å²) in [6, 6.07) is 1.45. The molecule has 0 saturated heterocycles. The number of hydrogen-bond donors (Lipinski definition) is 2. The van der Waals surface area contributed by atoms with Crippen molar-refractivity contribution in [1.82, 2.24) is 9.80 Å². The summed E-state index contributed by atoms with van der Waals surface area (Å²) in [6.07, 6.45) is 0.247. The highest BCUT2D eigenvalue weighted by Gasteiger charge is 2.26. The summed E-state index contributed by atoms with van der Waals surface area (Å²) < 4.78 is 0. The van der Waals surface area contributed by atoms with Crippen LogP contribution >= 0.6 is 0 Å². The van der Waals surface area contributed by atoms with Crippen LogP contribution in [0, 0.1) is 24.0 Å². The first-order valence-corrected chi connectivity index (χ1v) is 7.86. The number of imide groups is 2. The Kier molecular flexibility index (Phi) is 8.16. The highest BCUT2D eigenvalue weighted by Crippen LogP contribution is 2.20. The molecule has 0 aliphatic rings. The van der Waals surface area contributed by atoms with Crippen molar-refractivity contribution in [3.05, 3.63) is 44.5 Å². The van der Waals surface area contributed by atoms with Gasteiger partial charge in [0, 0.05) is 11.1 Å². The van der Waals surface area contributed by atoms with Crippen molar-refractivity contribution in [1.29, 1.82) is 0 Å². The van der Waals surface area contributed by atoms with Gasteiger partial charge in [-0.15, -0.1) is 10.1 Å². The second kappa shape index (κ2) is 10.1. The lowest BCUT2D eigenvalue weighted by atomic mass is 9.98. The molecule has 0 fully saturated rings. The number of aliphatic hydroxyl groups is 2. The maximum Gasteiger partial charge on any atom is 0.296 e. The Balaban J connectivity index is 3.23. The quantitative estimate of drug-likeness (QED) is 0.218. The zero-order valence-electron chi connectivity index (χ0n) is 15.1. The largest absolute Gasteiger partial charge is 0.394 e. The van der Waals surface area contributed by atoms with Gasteiger partial charge in [0.05, 0.1) is 19.3 Å². The normalized spacial score (nSPS) is 10.3. The van der Waals surface area contributed by atoms with E-state index in [9.17, 15) is 39.5 Å². The summed E-state index contributed by atoms with van der Waals surface area (Å²) in [5, 5.41) is 27.5. The molecule has 0 aliphatic carbocycles. The Morgan fingerprint density at radius 2 is 1.61 bits per heavy atom. The number of carbonyl (C=O) groups is 4. The molecular formula is C16H19N3O9. The van der Waals surface area contributed by atoms with Gasteiger partial charge in [0.15, 0.2) is 6.73 Å². The summed E-state index contributed by atoms with van der Waals surface area (Å²) in [5.74, 6) is -1.68. The molecule has 0 aromatic heterocycles. The van der Waals surface area contributed by atoms with E-state index >= 15 is 0 Å². The van der Waals surface area contributed by atoms with Crippen LogP contribution in [-0.2, 0) is 14.4 Å². The van der Waals surface area contributed by atoms with E-state index in [4.69, 9.17) is 0 Å². The third kappa shape index (κ3) is 5.08. The number of hydrogen-bond acceptors (Lipinski definition) is 9. The van der Waals surface area contributed by atoms with Gasteiger partial charge in [-0.3, -0.25) is 33.8 Å². The van der Waals surface area contributed by atoms with Crippen molar-refractivity contribution in [2.75, 3.05) is 19.9 Å². The average Bonchev–Trinajstić information content (AvgIpc) is 2.66. The minimum absolute atomic E-state index is 0.00776. The Morgan fingerprint density at radius 3 is 2.00 bits per heavy atom. The second-order valence-corrected chi connectivity index (χ2v) is 5.68. The van der Waals surface area contributed by atoms with Crippen LogP contribution in [0.25, 0.3) is 0 Å². The van der Waals surface area contributed by atoms with Crippen LogP contribution in [-0.4, -0.2) is 75.7 Å². The zero-order chi connectivity index (χ0) is 21.4. The lowest BCUT2D eigenvalue weighted by molar-refractivity contribution is -0.761. The standard InChI is InChI=1S/C16H19N3O9/c1-10-4-14(16(25)18(8-23)12(5-20)6-21)11(2)3-13(10)15(24)17(7-22)9-28-19(26)27/h3-4,7-8,12,20-21H,5-6,9H2,1-2H3. The van der Waals surface area contributed by atoms with E-state index in [1.807, 2.05) is 0 Å². The van der Waals surface area contributed by atoms with Crippen LogP contribution in [0.5, 0.6) is 0 Å². The molecule has 0 bridgehead atoms. The van der Waals surface area contributed by atoms with Gasteiger partial charge in [0.2, 0.25) is 12.8 Å². The molecule has 0 aliphatic heterocycles. The average molecular weight is 397 g/mol. The molecule has 0 unspecified atom stereocenters. The van der Waals surface area contributed by atoms with E-state index in [0.717, 1.165) is 0 Å². The lowest BCUT2D eigenvalue weighted by Gasteiger charge is -2.24. The minimum Gasteiger partial charge on any atom is -0.394 e. The molecule has 28 heavy (non-hydrogen) atoms. The van der Waals surface area contributed by atoms with E-state index in [1.54, 1.807) is 0 Å². The Morgan fingerprint density at radius 1 is 1.11 bits per heavy atom. The predicted octanol–water partition coefficient (Wildman–Crippen LogP) is -0.980. The number of aryl methyl sites for hydroxylation is 2. The van der Waals surface area contributed by atoms with Gasteiger partial charge >= 0.3 is 0 Å². The van der Waals surface area contributed by atoms with Crippen molar-refractivity contribution < 1.29 is 39.3 Å². The first-order valence-electron chi connectivity index (χ1n) is 7.86. The smallest absolute Gasteiger partial charge is 0.296 e. The van der Waals surface area contributed by atoms with E-state index in [1.165, 1.54) is 26.0 Å². The summed E-state index contributed by atoms with van der Waals surface area (Å²) in [5.41, 5.74) is 0.544. The van der Waals surface area contributed by atoms with Gasteiger partial charge in [-0.1, -0.05) is 0 Å². The van der Waals surface area contributed by atoms with E-state index in [0.29, 0.717) is 9.80 Å². The molecular weight excluding hydrogens is 378 g/mol. The maximum atomic E-state index is 12.6. The summed E-state index contributed by atoms with van der Waals surface area (Å²) in [4.78, 5) is 62.6. The molecule has 0 saturated carbocycles. The van der Waals surface area contributed by atoms with E-state index in [-0.39, 0.29) is 35.1 Å². The summed E-state index contributed by atoms with van der Waals surface area (Å²) in [7, 11) is 0. The van der Waals surface area contributed by atoms with Crippen LogP contribution < -0.4 is 0 Å². The summed E-state index contributed by atoms with van der Waals surface area (Å²) in [6.45, 7) is 0.752. The van der Waals surface area contributed by atoms with E-state index in [2.05, 4.69) is 4.84 Å². The molecule has 12 nitrogen and oxygen atoms in total. The van der Waals surface area contributed by atoms with E-state index < -0.39 is 42.9 Å². The zero-order valence-corrected chi connectivity index (χ0v) is 15.1. The molecule has 0 heterocycles. The van der Waals surface area contributed by atoms with Crippen molar-refractivity contribution in [2.24, 2.45) is 0 Å². The number of benzene rings is 1. The van der Waals surface area contributed by atoms with Gasteiger partial charge in [-0.25, -0.2) is 0 Å². The van der Waals surface area contributed by atoms with Gasteiger partial charge < -0.3 is 10.2 Å². The highest BCUT2D eigenvalue weighted by atomic mass is 17.0. The predicted molar refractivity (Wildman–Crippen MR) is 91.3 cm³/mol. The fraction of sp³-hybridized carbons (Fsp3) is 0.375. The van der Waals surface area contributed by atoms with Gasteiger partial charge in [-0.05, 0) is 37.1 Å². The third-order valence-electron chi connectivity index (χ3n) is 3.89. The molecule has 2 N–H and O–H groups in total. The van der Waals surface area contributed by atoms with Crippen LogP contribution in [0.2, 0.25) is 0 Å². The minimum atomic E-state index is -1.16. The van der Waals surface area contributed by atoms with Crippen LogP contribution in [0.15, 0.2) is 12.1 Å². The van der Waals surface area contributed by atoms with Crippen molar-refractivity contribution in [2.45, 2.75) is 19.9 Å². The topological polar surface area (TPSA) is 168 Å². The molecule has 0 spiro atoms. The van der Waals surface area contributed by atoms with Crippen molar-refractivity contribution >= 4 is 24.6 Å². The van der Waals surface area contributed by atoms with Crippen LogP contribution in [0.4, 0.5) is 0 Å². The fourth-order valence-corrected chi connectivity index (χ4v) is 2.35. The molecule has 1 aromatic rings. The molecule has 1 rings (SSSR count). The maximum absolute atomic E-state index is 12.6. The molecule has 1 aromatic carbocycles. The van der Waals surface area contributed by atoms with Crippen LogP contribution in [0.1, 0.15) is 31.8 Å². The van der Waals surface area contributed by atoms with Crippen molar-refractivity contribution in [3.8, 4) is 0 Å². The lowest BCUT2D eigenvalue weighted by Crippen LogP contribution is -2.44. The third-order valence-corrected chi connectivity index (χ3v) is 3.89. The second-order valence-electron chi connectivity index (χ2n) is 5.68.